The van der Waals surface area contributed by atoms with Gasteiger partial charge in [-0.15, -0.1) is 11.3 Å². The van der Waals surface area contributed by atoms with Crippen molar-refractivity contribution in [1.82, 2.24) is 0 Å². The summed E-state index contributed by atoms with van der Waals surface area (Å²) in [4.78, 5) is 24.8. The van der Waals surface area contributed by atoms with Crippen LogP contribution < -0.4 is 9.47 Å². The molecule has 0 aliphatic rings. The normalized spacial score (nSPS) is 11.4. The van der Waals surface area contributed by atoms with Gasteiger partial charge in [-0.2, -0.15) is 0 Å². The van der Waals surface area contributed by atoms with Crippen molar-refractivity contribution in [2.24, 2.45) is 5.41 Å². The van der Waals surface area contributed by atoms with Crippen molar-refractivity contribution in [3.05, 3.63) is 83.4 Å². The van der Waals surface area contributed by atoms with Crippen LogP contribution in [0.15, 0.2) is 66.7 Å². The number of aryl methyl sites for hydroxylation is 1. The first kappa shape index (κ1) is 23.7. The number of thiophene rings is 1. The van der Waals surface area contributed by atoms with Gasteiger partial charge < -0.3 is 9.47 Å². The van der Waals surface area contributed by atoms with Crippen molar-refractivity contribution in [3.63, 3.8) is 0 Å². The van der Waals surface area contributed by atoms with Crippen molar-refractivity contribution in [1.29, 1.82) is 0 Å². The third kappa shape index (κ3) is 5.37. The predicted molar refractivity (Wildman–Crippen MR) is 138 cm³/mol. The number of ether oxygens (including phenoxy) is 2. The van der Waals surface area contributed by atoms with Gasteiger partial charge >= 0.3 is 11.9 Å². The molecule has 4 rings (SSSR count). The minimum absolute atomic E-state index is 0.264. The lowest BCUT2D eigenvalue weighted by Crippen LogP contribution is -2.25. The molecule has 0 fully saturated rings. The van der Waals surface area contributed by atoms with Crippen molar-refractivity contribution in [2.75, 3.05) is 0 Å². The van der Waals surface area contributed by atoms with Crippen LogP contribution in [0.2, 0.25) is 0 Å². The Kier molecular flexibility index (Phi) is 6.58. The number of hydrogen-bond acceptors (Lipinski definition) is 5. The molecular weight excluding hydrogens is 444 g/mol. The minimum atomic E-state index is -0.564. The monoisotopic (exact) mass is 472 g/mol. The van der Waals surface area contributed by atoms with Gasteiger partial charge in [-0.3, -0.25) is 9.59 Å². The Hall–Kier alpha value is -3.44. The average Bonchev–Trinajstić information content (AvgIpc) is 3.12. The van der Waals surface area contributed by atoms with Gasteiger partial charge in [0.05, 0.1) is 5.41 Å². The summed E-state index contributed by atoms with van der Waals surface area (Å²) in [7, 11) is 0. The van der Waals surface area contributed by atoms with E-state index < -0.39 is 5.41 Å². The van der Waals surface area contributed by atoms with E-state index in [0.717, 1.165) is 26.9 Å². The molecule has 0 saturated heterocycles. The summed E-state index contributed by atoms with van der Waals surface area (Å²) < 4.78 is 11.9. The summed E-state index contributed by atoms with van der Waals surface area (Å²) in [5, 5.41) is 1.14. The van der Waals surface area contributed by atoms with Crippen LogP contribution in [0, 0.1) is 12.3 Å². The molecule has 1 heterocycles. The molecule has 0 aliphatic heterocycles. The lowest BCUT2D eigenvalue weighted by Gasteiger charge is -2.16. The molecule has 0 bridgehead atoms. The van der Waals surface area contributed by atoms with E-state index in [1.807, 2.05) is 63.2 Å². The van der Waals surface area contributed by atoms with E-state index >= 15 is 0 Å². The van der Waals surface area contributed by atoms with Gasteiger partial charge in [0.1, 0.15) is 11.5 Å². The fourth-order valence-corrected chi connectivity index (χ4v) is 4.87. The number of benzene rings is 3. The molecule has 0 amide bonds. The van der Waals surface area contributed by atoms with Gasteiger partial charge in [0, 0.05) is 16.5 Å². The smallest absolute Gasteiger partial charge is 0.316 e. The van der Waals surface area contributed by atoms with Crippen LogP contribution >= 0.6 is 11.3 Å². The zero-order chi connectivity index (χ0) is 24.5. The Bertz CT molecular complexity index is 1340. The minimum Gasteiger partial charge on any atom is -0.427 e. The number of hydrogen-bond donors (Lipinski definition) is 0. The van der Waals surface area contributed by atoms with Crippen molar-refractivity contribution < 1.29 is 19.1 Å². The van der Waals surface area contributed by atoms with Crippen LogP contribution in [-0.2, 0) is 16.0 Å². The van der Waals surface area contributed by atoms with E-state index in [2.05, 4.69) is 31.2 Å². The van der Waals surface area contributed by atoms with Gasteiger partial charge in [0.15, 0.2) is 0 Å². The Labute approximate surface area is 204 Å². The van der Waals surface area contributed by atoms with Gasteiger partial charge in [-0.1, -0.05) is 29.8 Å². The molecule has 4 aromatic rings. The van der Waals surface area contributed by atoms with E-state index in [1.54, 1.807) is 11.3 Å². The predicted octanol–water partition coefficient (Wildman–Crippen LogP) is 7.34. The Morgan fingerprint density at radius 2 is 1.50 bits per heavy atom. The van der Waals surface area contributed by atoms with Crippen LogP contribution in [0.3, 0.4) is 0 Å². The van der Waals surface area contributed by atoms with Crippen LogP contribution in [0.25, 0.3) is 20.5 Å². The second-order valence-corrected chi connectivity index (χ2v) is 10.5. The molecule has 0 N–H and O–H groups in total. The van der Waals surface area contributed by atoms with Crippen LogP contribution in [0.4, 0.5) is 0 Å². The summed E-state index contributed by atoms with van der Waals surface area (Å²) >= 11 is 1.67. The Morgan fingerprint density at radius 3 is 2.12 bits per heavy atom. The highest BCUT2D eigenvalue weighted by molar-refractivity contribution is 7.22. The maximum absolute atomic E-state index is 12.2. The molecule has 4 nitrogen and oxygen atoms in total. The van der Waals surface area contributed by atoms with Crippen LogP contribution in [0.5, 0.6) is 11.5 Å². The second kappa shape index (κ2) is 9.43. The maximum Gasteiger partial charge on any atom is 0.316 e. The van der Waals surface area contributed by atoms with E-state index in [9.17, 15) is 9.59 Å². The van der Waals surface area contributed by atoms with Crippen molar-refractivity contribution in [3.8, 4) is 21.9 Å². The molecule has 3 aromatic carbocycles. The molecule has 0 atom stereocenters. The molecule has 0 saturated carbocycles. The molecule has 0 spiro atoms. The first-order valence-corrected chi connectivity index (χ1v) is 12.0. The number of carbonyl (C=O) groups excluding carboxylic acids is 2. The molecule has 1 aromatic heterocycles. The zero-order valence-electron chi connectivity index (χ0n) is 20.1. The number of esters is 2. The zero-order valence-corrected chi connectivity index (χ0v) is 20.9. The van der Waals surface area contributed by atoms with Gasteiger partial charge in [-0.25, -0.2) is 0 Å². The Morgan fingerprint density at radius 1 is 0.853 bits per heavy atom. The topological polar surface area (TPSA) is 52.6 Å². The fourth-order valence-electron chi connectivity index (χ4n) is 3.61. The molecule has 0 aliphatic carbocycles. The lowest BCUT2D eigenvalue weighted by molar-refractivity contribution is -0.143. The van der Waals surface area contributed by atoms with Gasteiger partial charge in [0.25, 0.3) is 0 Å². The lowest BCUT2D eigenvalue weighted by atomic mass is 9.97. The largest absolute Gasteiger partial charge is 0.427 e. The van der Waals surface area contributed by atoms with Crippen molar-refractivity contribution in [2.45, 2.75) is 41.0 Å². The standard InChI is InChI=1S/C29H28O4S/c1-18-6-8-20(9-7-18)16-25-24-15-14-23(32-19(2)30)17-26(24)34-27(25)21-10-12-22(13-11-21)33-28(31)29(3,4)5/h6-15,17H,16H2,1-5H3. The van der Waals surface area contributed by atoms with Crippen molar-refractivity contribution >= 4 is 33.4 Å². The van der Waals surface area contributed by atoms with E-state index in [0.29, 0.717) is 11.5 Å². The third-order valence-corrected chi connectivity index (χ3v) is 6.71. The highest BCUT2D eigenvalue weighted by Crippen LogP contribution is 2.41. The van der Waals surface area contributed by atoms with E-state index in [-0.39, 0.29) is 11.9 Å². The first-order chi connectivity index (χ1) is 16.1. The van der Waals surface area contributed by atoms with Gasteiger partial charge in [-0.05, 0) is 98.7 Å². The summed E-state index contributed by atoms with van der Waals surface area (Å²) in [5.41, 5.74) is 4.16. The molecule has 174 valence electrons. The second-order valence-electron chi connectivity index (χ2n) is 9.49. The summed E-state index contributed by atoms with van der Waals surface area (Å²) in [5.74, 6) is 0.470. The van der Waals surface area contributed by atoms with E-state index in [4.69, 9.17) is 9.47 Å². The molecule has 0 unspecified atom stereocenters. The Balaban J connectivity index is 1.74. The summed E-state index contributed by atoms with van der Waals surface area (Å²) in [6, 6.07) is 22.0. The number of fused-ring (bicyclic) bond motifs is 1. The maximum atomic E-state index is 12.2. The van der Waals surface area contributed by atoms with Crippen LogP contribution in [-0.4, -0.2) is 11.9 Å². The molecule has 0 radical (unpaired) electrons. The fraction of sp³-hybridized carbons (Fsp3) is 0.241. The average molecular weight is 473 g/mol. The van der Waals surface area contributed by atoms with Gasteiger partial charge in [0.2, 0.25) is 0 Å². The highest BCUT2D eigenvalue weighted by atomic mass is 32.1. The molecule has 5 heteroatoms. The summed E-state index contributed by atoms with van der Waals surface area (Å²) in [6.45, 7) is 8.99. The van der Waals surface area contributed by atoms with Crippen LogP contribution in [0.1, 0.15) is 44.4 Å². The number of rotatable bonds is 5. The SMILES string of the molecule is CC(=O)Oc1ccc2c(Cc3ccc(C)cc3)c(-c3ccc(OC(=O)C(C)(C)C)cc3)sc2c1. The first-order valence-electron chi connectivity index (χ1n) is 11.2. The third-order valence-electron chi connectivity index (χ3n) is 5.47. The molecular formula is C29H28O4S. The highest BCUT2D eigenvalue weighted by Gasteiger charge is 2.24. The number of carbonyl (C=O) groups is 2. The molecule has 34 heavy (non-hydrogen) atoms. The quantitative estimate of drug-likeness (QED) is 0.225. The van der Waals surface area contributed by atoms with E-state index in [1.165, 1.54) is 23.6 Å². The summed E-state index contributed by atoms with van der Waals surface area (Å²) in [6.07, 6.45) is 0.781.